The molecule has 0 spiro atoms. The summed E-state index contributed by atoms with van der Waals surface area (Å²) in [5, 5.41) is 23.0. The number of rotatable bonds is 3. The molecule has 0 aromatic heterocycles. The number of aromatic hydroxyl groups is 1. The molecule has 0 atom stereocenters. The van der Waals surface area contributed by atoms with Crippen LogP contribution in [0.5, 0.6) is 5.75 Å². The molecule has 86 valence electrons. The van der Waals surface area contributed by atoms with Crippen molar-refractivity contribution < 1.29 is 10.0 Å². The van der Waals surface area contributed by atoms with Crippen LogP contribution in [0.15, 0.2) is 48.5 Å². The number of nitro groups is 1. The molecule has 0 aliphatic rings. The number of nitrogens with zero attached hydrogens (tertiary/aromatic N) is 1. The molecule has 0 unspecified atom stereocenters. The number of nitro benzene ring substituents is 1. The van der Waals surface area contributed by atoms with Crippen LogP contribution in [0.1, 0.15) is 0 Å². The Kier molecular flexibility index (Phi) is 2.91. The molecule has 0 saturated carbocycles. The zero-order chi connectivity index (χ0) is 12.3. The lowest BCUT2D eigenvalue weighted by molar-refractivity contribution is -0.384. The van der Waals surface area contributed by atoms with Gasteiger partial charge in [0, 0.05) is 17.8 Å². The molecule has 0 aliphatic carbocycles. The second-order valence-electron chi connectivity index (χ2n) is 3.45. The van der Waals surface area contributed by atoms with Gasteiger partial charge >= 0.3 is 0 Å². The maximum atomic E-state index is 10.5. The molecule has 5 heteroatoms. The van der Waals surface area contributed by atoms with Gasteiger partial charge in [-0.3, -0.25) is 10.1 Å². The first-order valence-corrected chi connectivity index (χ1v) is 4.96. The molecule has 0 amide bonds. The van der Waals surface area contributed by atoms with Gasteiger partial charge < -0.3 is 10.4 Å². The molecule has 0 saturated heterocycles. The average molecular weight is 230 g/mol. The highest BCUT2D eigenvalue weighted by atomic mass is 16.6. The third-order valence-corrected chi connectivity index (χ3v) is 2.26. The van der Waals surface area contributed by atoms with Crippen molar-refractivity contribution in [1.29, 1.82) is 0 Å². The van der Waals surface area contributed by atoms with E-state index in [-0.39, 0.29) is 11.4 Å². The summed E-state index contributed by atoms with van der Waals surface area (Å²) in [6.07, 6.45) is 0. The molecule has 2 N–H and O–H groups in total. The Morgan fingerprint density at radius 3 is 2.29 bits per heavy atom. The molecule has 0 heterocycles. The van der Waals surface area contributed by atoms with Gasteiger partial charge in [-0.05, 0) is 24.3 Å². The van der Waals surface area contributed by atoms with E-state index in [2.05, 4.69) is 5.32 Å². The molecule has 5 nitrogen and oxygen atoms in total. The Hall–Kier alpha value is -2.56. The minimum absolute atomic E-state index is 0.0350. The molecular formula is C12H10N2O3. The first kappa shape index (κ1) is 10.9. The van der Waals surface area contributed by atoms with Gasteiger partial charge in [0.1, 0.15) is 5.75 Å². The van der Waals surface area contributed by atoms with Crippen molar-refractivity contribution in [2.75, 3.05) is 5.32 Å². The monoisotopic (exact) mass is 230 g/mol. The number of nitrogens with one attached hydrogen (secondary N) is 1. The fourth-order valence-corrected chi connectivity index (χ4v) is 1.40. The second-order valence-corrected chi connectivity index (χ2v) is 3.45. The zero-order valence-electron chi connectivity index (χ0n) is 8.83. The van der Waals surface area contributed by atoms with Gasteiger partial charge in [0.05, 0.1) is 10.6 Å². The number of anilines is 2. The van der Waals surface area contributed by atoms with E-state index in [0.717, 1.165) is 0 Å². The number of non-ortho nitro benzene ring substituents is 1. The molecule has 0 aliphatic heterocycles. The molecule has 2 aromatic carbocycles. The van der Waals surface area contributed by atoms with Crippen LogP contribution in [0.25, 0.3) is 0 Å². The van der Waals surface area contributed by atoms with E-state index in [0.29, 0.717) is 11.4 Å². The third-order valence-electron chi connectivity index (χ3n) is 2.26. The maximum Gasteiger partial charge on any atom is 0.269 e. The van der Waals surface area contributed by atoms with Crippen molar-refractivity contribution in [3.05, 3.63) is 58.6 Å². The predicted octanol–water partition coefficient (Wildman–Crippen LogP) is 3.04. The second kappa shape index (κ2) is 4.52. The average Bonchev–Trinajstić information content (AvgIpc) is 2.33. The highest BCUT2D eigenvalue weighted by Gasteiger charge is 2.04. The Bertz CT molecular complexity index is 538. The van der Waals surface area contributed by atoms with E-state index < -0.39 is 4.92 Å². The summed E-state index contributed by atoms with van der Waals surface area (Å²) in [6.45, 7) is 0. The lowest BCUT2D eigenvalue weighted by Gasteiger charge is -2.07. The van der Waals surface area contributed by atoms with Crippen LogP contribution >= 0.6 is 0 Å². The smallest absolute Gasteiger partial charge is 0.269 e. The van der Waals surface area contributed by atoms with E-state index in [1.807, 2.05) is 0 Å². The lowest BCUT2D eigenvalue weighted by atomic mass is 10.2. The molecule has 0 radical (unpaired) electrons. The van der Waals surface area contributed by atoms with Crippen LogP contribution in [0.3, 0.4) is 0 Å². The van der Waals surface area contributed by atoms with Crippen LogP contribution in [-0.2, 0) is 0 Å². The standard InChI is InChI=1S/C12H10N2O3/c15-12-4-2-1-3-11(12)13-9-5-7-10(8-6-9)14(16)17/h1-8,13,15H. The number of phenolic OH excluding ortho intramolecular Hbond substituents is 1. The Labute approximate surface area is 97.5 Å². The highest BCUT2D eigenvalue weighted by Crippen LogP contribution is 2.26. The lowest BCUT2D eigenvalue weighted by Crippen LogP contribution is -1.92. The van der Waals surface area contributed by atoms with E-state index in [1.54, 1.807) is 36.4 Å². The Morgan fingerprint density at radius 2 is 1.71 bits per heavy atom. The first-order chi connectivity index (χ1) is 8.16. The summed E-state index contributed by atoms with van der Waals surface area (Å²) >= 11 is 0. The minimum Gasteiger partial charge on any atom is -0.506 e. The summed E-state index contributed by atoms with van der Waals surface area (Å²) in [5.74, 6) is 0.130. The van der Waals surface area contributed by atoms with Crippen LogP contribution in [0.2, 0.25) is 0 Å². The van der Waals surface area contributed by atoms with Crippen molar-refractivity contribution >= 4 is 17.1 Å². The minimum atomic E-state index is -0.455. The summed E-state index contributed by atoms with van der Waals surface area (Å²) in [6, 6.07) is 12.8. The van der Waals surface area contributed by atoms with Crippen molar-refractivity contribution in [2.45, 2.75) is 0 Å². The largest absolute Gasteiger partial charge is 0.506 e. The SMILES string of the molecule is O=[N+]([O-])c1ccc(Nc2ccccc2O)cc1. The predicted molar refractivity (Wildman–Crippen MR) is 64.5 cm³/mol. The summed E-state index contributed by atoms with van der Waals surface area (Å²) < 4.78 is 0. The molecule has 17 heavy (non-hydrogen) atoms. The van der Waals surface area contributed by atoms with E-state index in [1.165, 1.54) is 12.1 Å². The first-order valence-electron chi connectivity index (χ1n) is 4.96. The number of benzene rings is 2. The normalized spacial score (nSPS) is 9.88. The fraction of sp³-hybridized carbons (Fsp3) is 0. The van der Waals surface area contributed by atoms with Crippen molar-refractivity contribution in [3.63, 3.8) is 0 Å². The van der Waals surface area contributed by atoms with Crippen LogP contribution in [0, 0.1) is 10.1 Å². The Balaban J connectivity index is 2.20. The van der Waals surface area contributed by atoms with E-state index >= 15 is 0 Å². The van der Waals surface area contributed by atoms with Crippen LogP contribution in [-0.4, -0.2) is 10.0 Å². The quantitative estimate of drug-likeness (QED) is 0.482. The topological polar surface area (TPSA) is 75.4 Å². The highest BCUT2D eigenvalue weighted by molar-refractivity contribution is 5.66. The number of hydrogen-bond donors (Lipinski definition) is 2. The molecule has 0 bridgehead atoms. The van der Waals surface area contributed by atoms with Gasteiger partial charge in [0.25, 0.3) is 5.69 Å². The van der Waals surface area contributed by atoms with Crippen molar-refractivity contribution in [1.82, 2.24) is 0 Å². The molecule has 2 rings (SSSR count). The summed E-state index contributed by atoms with van der Waals surface area (Å²) in [4.78, 5) is 10.0. The van der Waals surface area contributed by atoms with Gasteiger partial charge in [-0.2, -0.15) is 0 Å². The number of hydrogen-bond acceptors (Lipinski definition) is 4. The van der Waals surface area contributed by atoms with Gasteiger partial charge in [-0.25, -0.2) is 0 Å². The summed E-state index contributed by atoms with van der Waals surface area (Å²) in [5.41, 5.74) is 1.27. The number of para-hydroxylation sites is 2. The molecule has 2 aromatic rings. The van der Waals surface area contributed by atoms with Gasteiger partial charge in [-0.15, -0.1) is 0 Å². The zero-order valence-corrected chi connectivity index (χ0v) is 8.83. The van der Waals surface area contributed by atoms with E-state index in [4.69, 9.17) is 0 Å². The van der Waals surface area contributed by atoms with Crippen LogP contribution in [0.4, 0.5) is 17.1 Å². The van der Waals surface area contributed by atoms with Gasteiger partial charge in [0.15, 0.2) is 0 Å². The maximum absolute atomic E-state index is 10.5. The van der Waals surface area contributed by atoms with Crippen molar-refractivity contribution in [3.8, 4) is 5.75 Å². The fourth-order valence-electron chi connectivity index (χ4n) is 1.40. The third kappa shape index (κ3) is 2.52. The van der Waals surface area contributed by atoms with Crippen LogP contribution < -0.4 is 5.32 Å². The van der Waals surface area contributed by atoms with Crippen molar-refractivity contribution in [2.24, 2.45) is 0 Å². The van der Waals surface area contributed by atoms with Gasteiger partial charge in [-0.1, -0.05) is 12.1 Å². The molecular weight excluding hydrogens is 220 g/mol. The number of phenols is 1. The van der Waals surface area contributed by atoms with E-state index in [9.17, 15) is 15.2 Å². The molecule has 0 fully saturated rings. The summed E-state index contributed by atoms with van der Waals surface area (Å²) in [7, 11) is 0. The van der Waals surface area contributed by atoms with Gasteiger partial charge in [0.2, 0.25) is 0 Å². The Morgan fingerprint density at radius 1 is 1.06 bits per heavy atom.